The van der Waals surface area contributed by atoms with Gasteiger partial charge in [-0.15, -0.1) is 0 Å². The number of hydrogen-bond donors (Lipinski definition) is 2. The Morgan fingerprint density at radius 3 is 2.40 bits per heavy atom. The molecule has 25 heavy (non-hydrogen) atoms. The van der Waals surface area contributed by atoms with Crippen LogP contribution in [0.5, 0.6) is 0 Å². The van der Waals surface area contributed by atoms with Crippen LogP contribution < -0.4 is 16.1 Å². The fourth-order valence-corrected chi connectivity index (χ4v) is 2.76. The van der Waals surface area contributed by atoms with Crippen LogP contribution in [0.1, 0.15) is 5.56 Å². The van der Waals surface area contributed by atoms with Crippen LogP contribution in [0.3, 0.4) is 0 Å². The number of halogens is 2. The summed E-state index contributed by atoms with van der Waals surface area (Å²) in [5.41, 5.74) is -0.940. The zero-order valence-corrected chi connectivity index (χ0v) is 13.2. The molecular formula is C16H16F2N4O3. The Bertz CT molecular complexity index is 872. The number of carbonyl (C=O) groups excluding carboxylic acids is 1. The van der Waals surface area contributed by atoms with Crippen LogP contribution in [0.2, 0.25) is 0 Å². The van der Waals surface area contributed by atoms with Crippen LogP contribution in [-0.4, -0.2) is 47.0 Å². The summed E-state index contributed by atoms with van der Waals surface area (Å²) in [6.45, 7) is 1.60. The van der Waals surface area contributed by atoms with Gasteiger partial charge in [0.2, 0.25) is 5.91 Å². The van der Waals surface area contributed by atoms with Crippen molar-refractivity contribution in [3.05, 3.63) is 62.3 Å². The molecule has 2 N–H and O–H groups in total. The monoisotopic (exact) mass is 350 g/mol. The van der Waals surface area contributed by atoms with Crippen LogP contribution in [0.25, 0.3) is 0 Å². The van der Waals surface area contributed by atoms with Crippen LogP contribution >= 0.6 is 0 Å². The second-order valence-corrected chi connectivity index (χ2v) is 5.75. The molecule has 1 saturated heterocycles. The Kier molecular flexibility index (Phi) is 4.64. The second kappa shape index (κ2) is 6.88. The Morgan fingerprint density at radius 1 is 1.04 bits per heavy atom. The largest absolute Gasteiger partial charge is 0.354 e. The highest BCUT2D eigenvalue weighted by Crippen LogP contribution is 2.14. The van der Waals surface area contributed by atoms with E-state index in [1.54, 1.807) is 9.80 Å². The lowest BCUT2D eigenvalue weighted by Gasteiger charge is -2.35. The quantitative estimate of drug-likeness (QED) is 0.830. The number of H-pyrrole nitrogens is 2. The van der Waals surface area contributed by atoms with Crippen LogP contribution in [0.4, 0.5) is 14.6 Å². The van der Waals surface area contributed by atoms with E-state index in [1.807, 2.05) is 0 Å². The summed E-state index contributed by atoms with van der Waals surface area (Å²) in [7, 11) is 0. The summed E-state index contributed by atoms with van der Waals surface area (Å²) in [6, 6.07) is 4.42. The molecular weight excluding hydrogens is 334 g/mol. The van der Waals surface area contributed by atoms with Gasteiger partial charge in [-0.25, -0.2) is 13.6 Å². The van der Waals surface area contributed by atoms with Crippen molar-refractivity contribution >= 4 is 11.7 Å². The summed E-state index contributed by atoms with van der Waals surface area (Å²) in [5, 5.41) is 0. The van der Waals surface area contributed by atoms with Crippen molar-refractivity contribution in [1.82, 2.24) is 14.9 Å². The van der Waals surface area contributed by atoms with Gasteiger partial charge in [0.05, 0.1) is 6.42 Å². The number of hydrogen-bond acceptors (Lipinski definition) is 4. The molecule has 1 aromatic heterocycles. The van der Waals surface area contributed by atoms with Gasteiger partial charge in [-0.3, -0.25) is 19.6 Å². The number of piperazine rings is 1. The van der Waals surface area contributed by atoms with E-state index in [-0.39, 0.29) is 17.9 Å². The average molecular weight is 350 g/mol. The molecule has 0 bridgehead atoms. The lowest BCUT2D eigenvalue weighted by Crippen LogP contribution is -2.50. The number of nitrogens with zero attached hydrogens (tertiary/aromatic N) is 2. The van der Waals surface area contributed by atoms with Crippen molar-refractivity contribution in [3.63, 3.8) is 0 Å². The molecule has 2 heterocycles. The minimum Gasteiger partial charge on any atom is -0.354 e. The van der Waals surface area contributed by atoms with E-state index >= 15 is 0 Å². The third-order valence-corrected chi connectivity index (χ3v) is 4.08. The Morgan fingerprint density at radius 2 is 1.76 bits per heavy atom. The van der Waals surface area contributed by atoms with Crippen LogP contribution in [0.15, 0.2) is 33.9 Å². The number of benzene rings is 1. The fraction of sp³-hybridized carbons (Fsp3) is 0.312. The van der Waals surface area contributed by atoms with E-state index in [0.29, 0.717) is 32.0 Å². The number of aromatic nitrogens is 2. The maximum absolute atomic E-state index is 13.7. The number of anilines is 1. The first-order valence-corrected chi connectivity index (χ1v) is 7.72. The summed E-state index contributed by atoms with van der Waals surface area (Å²) >= 11 is 0. The summed E-state index contributed by atoms with van der Waals surface area (Å²) in [5.74, 6) is -1.29. The van der Waals surface area contributed by atoms with Crippen molar-refractivity contribution in [2.24, 2.45) is 0 Å². The van der Waals surface area contributed by atoms with Gasteiger partial charge >= 0.3 is 5.69 Å². The molecule has 0 atom stereocenters. The molecule has 132 valence electrons. The zero-order valence-electron chi connectivity index (χ0n) is 13.2. The van der Waals surface area contributed by atoms with Crippen molar-refractivity contribution in [2.45, 2.75) is 6.42 Å². The standard InChI is InChI=1S/C16H16F2N4O3/c17-11-2-1-10(12(18)8-11)7-15(24)22-5-3-21(4-6-22)13-9-14(23)20-16(25)19-13/h1-2,8-9H,3-7H2,(H2,19,20,23,25). The number of amides is 1. The first-order valence-electron chi connectivity index (χ1n) is 7.72. The summed E-state index contributed by atoms with van der Waals surface area (Å²) < 4.78 is 26.6. The van der Waals surface area contributed by atoms with E-state index < -0.39 is 22.9 Å². The van der Waals surface area contributed by atoms with E-state index in [0.717, 1.165) is 12.1 Å². The molecule has 1 aromatic carbocycles. The zero-order chi connectivity index (χ0) is 18.0. The maximum Gasteiger partial charge on any atom is 0.327 e. The fourth-order valence-electron chi connectivity index (χ4n) is 2.76. The normalized spacial score (nSPS) is 14.6. The molecule has 2 aromatic rings. The minimum atomic E-state index is -0.743. The molecule has 0 saturated carbocycles. The summed E-state index contributed by atoms with van der Waals surface area (Å²) in [6.07, 6.45) is -0.145. The molecule has 0 spiro atoms. The molecule has 1 amide bonds. The van der Waals surface area contributed by atoms with Gasteiger partial charge in [0.1, 0.15) is 17.5 Å². The lowest BCUT2D eigenvalue weighted by atomic mass is 10.1. The number of aromatic amines is 2. The predicted octanol–water partition coefficient (Wildman–Crippen LogP) is 0.233. The number of nitrogens with one attached hydrogen (secondary N) is 2. The van der Waals surface area contributed by atoms with Gasteiger partial charge < -0.3 is 9.80 Å². The molecule has 1 aliphatic rings. The van der Waals surface area contributed by atoms with E-state index in [1.165, 1.54) is 12.1 Å². The van der Waals surface area contributed by atoms with Crippen molar-refractivity contribution in [2.75, 3.05) is 31.1 Å². The molecule has 0 radical (unpaired) electrons. The molecule has 0 unspecified atom stereocenters. The highest BCUT2D eigenvalue weighted by molar-refractivity contribution is 5.79. The first kappa shape index (κ1) is 16.9. The minimum absolute atomic E-state index is 0.145. The van der Waals surface area contributed by atoms with Gasteiger partial charge in [-0.1, -0.05) is 6.07 Å². The topological polar surface area (TPSA) is 89.3 Å². The van der Waals surface area contributed by atoms with E-state index in [2.05, 4.69) is 9.97 Å². The first-order chi connectivity index (χ1) is 11.9. The van der Waals surface area contributed by atoms with Crippen LogP contribution in [0, 0.1) is 11.6 Å². The maximum atomic E-state index is 13.7. The van der Waals surface area contributed by atoms with Crippen molar-refractivity contribution < 1.29 is 13.6 Å². The Labute approximate surface area is 140 Å². The second-order valence-electron chi connectivity index (χ2n) is 5.75. The Hall–Kier alpha value is -2.97. The summed E-state index contributed by atoms with van der Waals surface area (Å²) in [4.78, 5) is 43.0. The number of carbonyl (C=O) groups is 1. The highest BCUT2D eigenvalue weighted by Gasteiger charge is 2.23. The van der Waals surface area contributed by atoms with Gasteiger partial charge in [0.15, 0.2) is 0 Å². The van der Waals surface area contributed by atoms with Gasteiger partial charge in [-0.05, 0) is 11.6 Å². The SMILES string of the molecule is O=C(Cc1ccc(F)cc1F)N1CCN(c2cc(=O)[nH]c(=O)[nH]2)CC1. The molecule has 3 rings (SSSR count). The average Bonchev–Trinajstić information content (AvgIpc) is 2.56. The predicted molar refractivity (Wildman–Crippen MR) is 86.5 cm³/mol. The van der Waals surface area contributed by atoms with Gasteiger partial charge in [0, 0.05) is 38.3 Å². The Balaban J connectivity index is 1.62. The van der Waals surface area contributed by atoms with Crippen molar-refractivity contribution in [3.8, 4) is 0 Å². The lowest BCUT2D eigenvalue weighted by molar-refractivity contribution is -0.130. The third kappa shape index (κ3) is 3.93. The number of rotatable bonds is 3. The molecule has 1 aliphatic heterocycles. The van der Waals surface area contributed by atoms with Gasteiger partial charge in [-0.2, -0.15) is 0 Å². The van der Waals surface area contributed by atoms with E-state index in [9.17, 15) is 23.2 Å². The van der Waals surface area contributed by atoms with Crippen molar-refractivity contribution in [1.29, 1.82) is 0 Å². The third-order valence-electron chi connectivity index (χ3n) is 4.08. The molecule has 9 heteroatoms. The van der Waals surface area contributed by atoms with E-state index in [4.69, 9.17) is 0 Å². The van der Waals surface area contributed by atoms with Gasteiger partial charge in [0.25, 0.3) is 5.56 Å². The smallest absolute Gasteiger partial charge is 0.327 e. The molecule has 1 fully saturated rings. The molecule has 0 aliphatic carbocycles. The molecule has 7 nitrogen and oxygen atoms in total. The van der Waals surface area contributed by atoms with Crippen LogP contribution in [-0.2, 0) is 11.2 Å². The highest BCUT2D eigenvalue weighted by atomic mass is 19.1.